The van der Waals surface area contributed by atoms with E-state index in [1.807, 2.05) is 41.9 Å². The van der Waals surface area contributed by atoms with Crippen LogP contribution in [0.4, 0.5) is 0 Å². The van der Waals surface area contributed by atoms with E-state index in [0.717, 1.165) is 37.3 Å². The number of pyridine rings is 1. The largest absolute Gasteiger partial charge is 0.481 e. The Labute approximate surface area is 124 Å². The minimum Gasteiger partial charge on any atom is -0.481 e. The highest BCUT2D eigenvalue weighted by Gasteiger charge is 2.40. The molecule has 1 unspecified atom stereocenters. The van der Waals surface area contributed by atoms with Gasteiger partial charge in [-0.25, -0.2) is 4.98 Å². The van der Waals surface area contributed by atoms with E-state index in [9.17, 15) is 9.90 Å². The van der Waals surface area contributed by atoms with Gasteiger partial charge in [0.2, 0.25) is 0 Å². The molecule has 0 aromatic carbocycles. The third-order valence-electron chi connectivity index (χ3n) is 4.59. The number of likely N-dealkylation sites (tertiary alicyclic amines) is 1. The monoisotopic (exact) mass is 287 g/mol. The molecule has 5 nitrogen and oxygen atoms in total. The summed E-state index contributed by atoms with van der Waals surface area (Å²) in [5.41, 5.74) is 1.35. The van der Waals surface area contributed by atoms with Gasteiger partial charge < -0.3 is 9.51 Å². The molecule has 0 aliphatic carbocycles. The minimum atomic E-state index is -0.662. The lowest BCUT2D eigenvalue weighted by Gasteiger charge is -2.39. The van der Waals surface area contributed by atoms with E-state index in [0.29, 0.717) is 13.0 Å². The molecule has 21 heavy (non-hydrogen) atoms. The van der Waals surface area contributed by atoms with Crippen molar-refractivity contribution in [3.05, 3.63) is 36.3 Å². The number of carbonyl (C=O) groups is 1. The fourth-order valence-corrected chi connectivity index (χ4v) is 3.27. The van der Waals surface area contributed by atoms with Crippen LogP contribution in [0.25, 0.3) is 5.65 Å². The minimum absolute atomic E-state index is 0.586. The zero-order chi connectivity index (χ0) is 14.9. The second kappa shape index (κ2) is 5.48. The quantitative estimate of drug-likeness (QED) is 0.938. The lowest BCUT2D eigenvalue weighted by Crippen LogP contribution is -2.47. The number of carboxylic acid groups (broad SMARTS) is 1. The summed E-state index contributed by atoms with van der Waals surface area (Å²) in [6.07, 6.45) is 6.41. The molecule has 3 heterocycles. The number of hydrogen-bond donors (Lipinski definition) is 1. The smallest absolute Gasteiger partial charge is 0.310 e. The number of piperidine rings is 1. The van der Waals surface area contributed by atoms with Gasteiger partial charge in [-0.1, -0.05) is 13.0 Å². The number of hydrogen-bond acceptors (Lipinski definition) is 3. The average molecular weight is 287 g/mol. The second-order valence-electron chi connectivity index (χ2n) is 5.95. The van der Waals surface area contributed by atoms with Crippen LogP contribution in [0.1, 0.15) is 31.9 Å². The molecule has 0 bridgehead atoms. The van der Waals surface area contributed by atoms with Crippen molar-refractivity contribution in [3.63, 3.8) is 0 Å². The third kappa shape index (κ3) is 2.65. The molecule has 1 atom stereocenters. The molecule has 1 fully saturated rings. The molecule has 0 saturated carbocycles. The van der Waals surface area contributed by atoms with E-state index in [2.05, 4.69) is 9.88 Å². The van der Waals surface area contributed by atoms with Crippen LogP contribution < -0.4 is 0 Å². The second-order valence-corrected chi connectivity index (χ2v) is 5.95. The molecular formula is C16H21N3O2. The molecule has 1 aliphatic rings. The standard InChI is InChI=1S/C16H21N3O2/c1-2-16(15(20)21)7-5-8-18(12-16)10-13-11-19-9-4-3-6-14(19)17-13/h3-4,6,9,11H,2,5,7-8,10,12H2,1H3,(H,20,21). The zero-order valence-electron chi connectivity index (χ0n) is 12.3. The number of rotatable bonds is 4. The summed E-state index contributed by atoms with van der Waals surface area (Å²) >= 11 is 0. The zero-order valence-corrected chi connectivity index (χ0v) is 12.3. The number of imidazole rings is 1. The van der Waals surface area contributed by atoms with Gasteiger partial charge in [-0.3, -0.25) is 9.69 Å². The number of fused-ring (bicyclic) bond motifs is 1. The summed E-state index contributed by atoms with van der Waals surface area (Å²) in [4.78, 5) is 18.4. The maximum Gasteiger partial charge on any atom is 0.310 e. The Morgan fingerprint density at radius 3 is 3.05 bits per heavy atom. The Kier molecular flexibility index (Phi) is 3.68. The lowest BCUT2D eigenvalue weighted by molar-refractivity contribution is -0.153. The van der Waals surface area contributed by atoms with Crippen LogP contribution in [0.3, 0.4) is 0 Å². The highest BCUT2D eigenvalue weighted by Crippen LogP contribution is 2.34. The van der Waals surface area contributed by atoms with Gasteiger partial charge in [-0.15, -0.1) is 0 Å². The third-order valence-corrected chi connectivity index (χ3v) is 4.59. The maximum absolute atomic E-state index is 11.6. The van der Waals surface area contributed by atoms with Crippen molar-refractivity contribution in [1.29, 1.82) is 0 Å². The van der Waals surface area contributed by atoms with Crippen molar-refractivity contribution < 1.29 is 9.90 Å². The van der Waals surface area contributed by atoms with Crippen molar-refractivity contribution >= 4 is 11.6 Å². The Hall–Kier alpha value is -1.88. The van der Waals surface area contributed by atoms with E-state index in [4.69, 9.17) is 0 Å². The first-order valence-corrected chi connectivity index (χ1v) is 7.51. The van der Waals surface area contributed by atoms with Crippen molar-refractivity contribution in [2.45, 2.75) is 32.7 Å². The molecule has 112 valence electrons. The van der Waals surface area contributed by atoms with Gasteiger partial charge in [-0.05, 0) is 37.9 Å². The summed E-state index contributed by atoms with van der Waals surface area (Å²) in [5, 5.41) is 9.54. The highest BCUT2D eigenvalue weighted by molar-refractivity contribution is 5.75. The van der Waals surface area contributed by atoms with Crippen molar-refractivity contribution in [2.75, 3.05) is 13.1 Å². The van der Waals surface area contributed by atoms with Crippen LogP contribution in [0, 0.1) is 5.41 Å². The molecule has 3 rings (SSSR count). The fraction of sp³-hybridized carbons (Fsp3) is 0.500. The lowest BCUT2D eigenvalue weighted by atomic mass is 9.77. The van der Waals surface area contributed by atoms with Crippen LogP contribution >= 0.6 is 0 Å². The summed E-state index contributed by atoms with van der Waals surface area (Å²) < 4.78 is 2.00. The molecule has 1 aliphatic heterocycles. The molecule has 5 heteroatoms. The van der Waals surface area contributed by atoms with Crippen molar-refractivity contribution in [2.24, 2.45) is 5.41 Å². The molecular weight excluding hydrogens is 266 g/mol. The van der Waals surface area contributed by atoms with Crippen molar-refractivity contribution in [3.8, 4) is 0 Å². The van der Waals surface area contributed by atoms with Gasteiger partial charge in [0.05, 0.1) is 11.1 Å². The molecule has 0 radical (unpaired) electrons. The first-order chi connectivity index (χ1) is 10.1. The normalized spacial score (nSPS) is 23.5. The van der Waals surface area contributed by atoms with Gasteiger partial charge in [0.1, 0.15) is 5.65 Å². The van der Waals surface area contributed by atoms with Gasteiger partial charge in [0.15, 0.2) is 0 Å². The Morgan fingerprint density at radius 2 is 2.33 bits per heavy atom. The predicted octanol–water partition coefficient (Wildman–Crippen LogP) is 2.41. The predicted molar refractivity (Wildman–Crippen MR) is 80.1 cm³/mol. The Bertz CT molecular complexity index is 619. The first kappa shape index (κ1) is 14.1. The van der Waals surface area contributed by atoms with Gasteiger partial charge in [-0.2, -0.15) is 0 Å². The van der Waals surface area contributed by atoms with Crippen LogP contribution in [-0.4, -0.2) is 38.4 Å². The van der Waals surface area contributed by atoms with E-state index in [1.165, 1.54) is 0 Å². The van der Waals surface area contributed by atoms with Gasteiger partial charge >= 0.3 is 5.97 Å². The Balaban J connectivity index is 1.76. The summed E-state index contributed by atoms with van der Waals surface area (Å²) in [7, 11) is 0. The molecule has 0 spiro atoms. The molecule has 0 amide bonds. The van der Waals surface area contributed by atoms with E-state index < -0.39 is 11.4 Å². The van der Waals surface area contributed by atoms with E-state index in [1.54, 1.807) is 0 Å². The van der Waals surface area contributed by atoms with Gasteiger partial charge in [0.25, 0.3) is 0 Å². The molecule has 1 N–H and O–H groups in total. The first-order valence-electron chi connectivity index (χ1n) is 7.51. The molecule has 2 aromatic rings. The van der Waals surface area contributed by atoms with Crippen LogP contribution in [0.15, 0.2) is 30.6 Å². The number of carboxylic acids is 1. The molecule has 1 saturated heterocycles. The van der Waals surface area contributed by atoms with Gasteiger partial charge in [0, 0.05) is 25.5 Å². The van der Waals surface area contributed by atoms with Crippen LogP contribution in [0.5, 0.6) is 0 Å². The fourth-order valence-electron chi connectivity index (χ4n) is 3.27. The maximum atomic E-state index is 11.6. The topological polar surface area (TPSA) is 57.8 Å². The number of aromatic nitrogens is 2. The number of nitrogens with zero attached hydrogens (tertiary/aromatic N) is 3. The van der Waals surface area contributed by atoms with Crippen LogP contribution in [-0.2, 0) is 11.3 Å². The van der Waals surface area contributed by atoms with Crippen LogP contribution in [0.2, 0.25) is 0 Å². The average Bonchev–Trinajstić information content (AvgIpc) is 2.89. The summed E-state index contributed by atoms with van der Waals surface area (Å²) in [6, 6.07) is 5.93. The van der Waals surface area contributed by atoms with Crippen molar-refractivity contribution in [1.82, 2.24) is 14.3 Å². The van der Waals surface area contributed by atoms with E-state index in [-0.39, 0.29) is 0 Å². The molecule has 2 aromatic heterocycles. The highest BCUT2D eigenvalue weighted by atomic mass is 16.4. The SMILES string of the molecule is CCC1(C(=O)O)CCCN(Cc2cn3ccccc3n2)C1. The summed E-state index contributed by atoms with van der Waals surface area (Å²) in [5.74, 6) is -0.662. The Morgan fingerprint density at radius 1 is 1.48 bits per heavy atom. The summed E-state index contributed by atoms with van der Waals surface area (Å²) in [6.45, 7) is 4.26. The van der Waals surface area contributed by atoms with E-state index >= 15 is 0 Å². The number of aliphatic carboxylic acids is 1.